The van der Waals surface area contributed by atoms with Gasteiger partial charge in [-0.3, -0.25) is 4.90 Å². The van der Waals surface area contributed by atoms with Crippen molar-refractivity contribution in [2.24, 2.45) is 5.92 Å². The summed E-state index contributed by atoms with van der Waals surface area (Å²) in [6.07, 6.45) is 9.97. The second-order valence-electron chi connectivity index (χ2n) is 8.81. The van der Waals surface area contributed by atoms with Gasteiger partial charge >= 0.3 is 0 Å². The Kier molecular flexibility index (Phi) is 6.57. The molecule has 3 nitrogen and oxygen atoms in total. The van der Waals surface area contributed by atoms with E-state index in [1.165, 1.54) is 31.2 Å². The zero-order valence-electron chi connectivity index (χ0n) is 16.2. The Morgan fingerprint density at radius 3 is 2.70 bits per heavy atom. The van der Waals surface area contributed by atoms with Crippen molar-refractivity contribution >= 4 is 22.6 Å². The number of aliphatic hydroxyl groups is 1. The molecule has 2 aliphatic heterocycles. The highest BCUT2D eigenvalue weighted by molar-refractivity contribution is 14.1. The molecule has 3 fully saturated rings. The molecule has 1 aromatic carbocycles. The molecular weight excluding hydrogens is 447 g/mol. The number of fused-ring (bicyclic) bond motifs is 1. The number of benzene rings is 1. The zero-order valence-corrected chi connectivity index (χ0v) is 18.4. The molecule has 0 spiro atoms. The summed E-state index contributed by atoms with van der Waals surface area (Å²) in [5, 5.41) is 15.5. The van der Waals surface area contributed by atoms with Crippen LogP contribution >= 0.6 is 22.6 Å². The van der Waals surface area contributed by atoms with Crippen molar-refractivity contribution < 1.29 is 5.11 Å². The van der Waals surface area contributed by atoms with Crippen LogP contribution in [0.25, 0.3) is 0 Å². The van der Waals surface area contributed by atoms with Crippen LogP contribution in [0, 0.1) is 5.92 Å². The lowest BCUT2D eigenvalue weighted by Crippen LogP contribution is -2.63. The number of hydrogen-bond acceptors (Lipinski definition) is 3. The lowest BCUT2D eigenvalue weighted by Gasteiger charge is -2.53. The summed E-state index contributed by atoms with van der Waals surface area (Å²) >= 11 is 2.28. The maximum atomic E-state index is 11.7. The van der Waals surface area contributed by atoms with Crippen LogP contribution < -0.4 is 5.32 Å². The monoisotopic (exact) mass is 480 g/mol. The molecule has 2 saturated heterocycles. The van der Waals surface area contributed by atoms with Crippen LogP contribution in [0.4, 0.5) is 0 Å². The number of nitrogens with zero attached hydrogens (tertiary/aromatic N) is 1. The van der Waals surface area contributed by atoms with Gasteiger partial charge in [0.2, 0.25) is 0 Å². The van der Waals surface area contributed by atoms with E-state index in [4.69, 9.17) is 0 Å². The first-order valence-electron chi connectivity index (χ1n) is 10.7. The number of likely N-dealkylation sites (tertiary alicyclic amines) is 1. The molecule has 4 rings (SSSR count). The van der Waals surface area contributed by atoms with Crippen molar-refractivity contribution in [3.8, 4) is 0 Å². The van der Waals surface area contributed by atoms with Crippen LogP contribution in [-0.4, -0.2) is 47.3 Å². The normalized spacial score (nSPS) is 36.0. The largest absolute Gasteiger partial charge is 0.388 e. The number of piperidine rings is 2. The lowest BCUT2D eigenvalue weighted by molar-refractivity contribution is -0.104. The number of nitrogens with one attached hydrogen (secondary N) is 1. The molecule has 3 aliphatic rings. The molecule has 0 amide bonds. The first-order chi connectivity index (χ1) is 13.2. The number of rotatable bonds is 4. The van der Waals surface area contributed by atoms with Gasteiger partial charge in [-0.15, -0.1) is 0 Å². The van der Waals surface area contributed by atoms with Crippen molar-refractivity contribution in [3.05, 3.63) is 46.1 Å². The molecule has 4 unspecified atom stereocenters. The Balaban J connectivity index is 1.46. The predicted molar refractivity (Wildman–Crippen MR) is 120 cm³/mol. The van der Waals surface area contributed by atoms with Crippen molar-refractivity contribution in [1.82, 2.24) is 10.2 Å². The maximum Gasteiger partial charge on any atom is 0.0840 e. The SMILES string of the molecule is OC1(CC=CI)CC2CCCNC2CC1N1CCC(c2ccccc2)CC1. The van der Waals surface area contributed by atoms with Gasteiger partial charge in [0, 0.05) is 12.1 Å². The Hall–Kier alpha value is -0.430. The van der Waals surface area contributed by atoms with E-state index in [0.717, 1.165) is 38.9 Å². The topological polar surface area (TPSA) is 35.5 Å². The summed E-state index contributed by atoms with van der Waals surface area (Å²) in [7, 11) is 0. The van der Waals surface area contributed by atoms with Crippen molar-refractivity contribution in [3.63, 3.8) is 0 Å². The molecule has 1 aromatic rings. The van der Waals surface area contributed by atoms with Gasteiger partial charge in [-0.05, 0) is 86.1 Å². The van der Waals surface area contributed by atoms with Crippen molar-refractivity contribution in [2.45, 2.75) is 68.5 Å². The van der Waals surface area contributed by atoms with E-state index in [1.54, 1.807) is 0 Å². The predicted octanol–water partition coefficient (Wildman–Crippen LogP) is 4.47. The Morgan fingerprint density at radius 2 is 1.96 bits per heavy atom. The summed E-state index contributed by atoms with van der Waals surface area (Å²) < 4.78 is 2.07. The van der Waals surface area contributed by atoms with Gasteiger partial charge in [0.25, 0.3) is 0 Å². The summed E-state index contributed by atoms with van der Waals surface area (Å²) in [5.74, 6) is 1.32. The molecule has 2 heterocycles. The Bertz CT molecular complexity index is 629. The molecule has 0 aromatic heterocycles. The highest BCUT2D eigenvalue weighted by Gasteiger charge is 2.49. The van der Waals surface area contributed by atoms with Crippen molar-refractivity contribution in [2.75, 3.05) is 19.6 Å². The van der Waals surface area contributed by atoms with Gasteiger partial charge in [0.15, 0.2) is 0 Å². The molecule has 4 atom stereocenters. The Labute approximate surface area is 177 Å². The summed E-state index contributed by atoms with van der Waals surface area (Å²) in [6.45, 7) is 3.37. The zero-order chi connectivity index (χ0) is 18.7. The second kappa shape index (κ2) is 8.93. The second-order valence-corrected chi connectivity index (χ2v) is 9.53. The standard InChI is InChI=1S/C23H33IN2O/c24-12-5-11-23(27)17-20-8-4-13-25-21(20)16-22(23)26-14-9-19(10-15-26)18-6-2-1-3-7-18/h1-3,5-7,12,19-22,25,27H,4,8-11,13-17H2. The van der Waals surface area contributed by atoms with E-state index in [2.05, 4.69) is 73.3 Å². The molecule has 1 aliphatic carbocycles. The van der Waals surface area contributed by atoms with E-state index in [0.29, 0.717) is 17.9 Å². The first-order valence-corrected chi connectivity index (χ1v) is 11.9. The smallest absolute Gasteiger partial charge is 0.0840 e. The van der Waals surface area contributed by atoms with Crippen LogP contribution in [0.15, 0.2) is 40.5 Å². The van der Waals surface area contributed by atoms with E-state index >= 15 is 0 Å². The average molecular weight is 480 g/mol. The fraction of sp³-hybridized carbons (Fsp3) is 0.652. The quantitative estimate of drug-likeness (QED) is 0.625. The van der Waals surface area contributed by atoms with Crippen LogP contribution in [0.2, 0.25) is 0 Å². The molecule has 2 N–H and O–H groups in total. The highest BCUT2D eigenvalue weighted by Crippen LogP contribution is 2.43. The first kappa shape index (κ1) is 19.9. The highest BCUT2D eigenvalue weighted by atomic mass is 127. The van der Waals surface area contributed by atoms with E-state index in [1.807, 2.05) is 0 Å². The minimum Gasteiger partial charge on any atom is -0.388 e. The van der Waals surface area contributed by atoms with E-state index in [-0.39, 0.29) is 6.04 Å². The van der Waals surface area contributed by atoms with Crippen LogP contribution in [0.1, 0.15) is 56.4 Å². The Morgan fingerprint density at radius 1 is 1.19 bits per heavy atom. The minimum absolute atomic E-state index is 0.286. The van der Waals surface area contributed by atoms with Crippen LogP contribution in [0.5, 0.6) is 0 Å². The van der Waals surface area contributed by atoms with Gasteiger partial charge in [-0.25, -0.2) is 0 Å². The summed E-state index contributed by atoms with van der Waals surface area (Å²) in [5.41, 5.74) is 0.916. The molecule has 0 radical (unpaired) electrons. The number of hydrogen-bond donors (Lipinski definition) is 2. The maximum absolute atomic E-state index is 11.7. The molecule has 4 heteroatoms. The summed E-state index contributed by atoms with van der Waals surface area (Å²) in [6, 6.07) is 11.9. The summed E-state index contributed by atoms with van der Waals surface area (Å²) in [4.78, 5) is 2.62. The third-order valence-electron chi connectivity index (χ3n) is 7.24. The van der Waals surface area contributed by atoms with Crippen molar-refractivity contribution in [1.29, 1.82) is 0 Å². The number of halogens is 1. The van der Waals surface area contributed by atoms with Crippen LogP contribution in [-0.2, 0) is 0 Å². The van der Waals surface area contributed by atoms with Gasteiger partial charge < -0.3 is 10.4 Å². The molecular formula is C23H33IN2O. The minimum atomic E-state index is -0.568. The fourth-order valence-corrected chi connectivity index (χ4v) is 6.07. The molecule has 0 bridgehead atoms. The third-order valence-corrected chi connectivity index (χ3v) is 7.75. The third kappa shape index (κ3) is 4.44. The molecule has 27 heavy (non-hydrogen) atoms. The van der Waals surface area contributed by atoms with Gasteiger partial charge in [0.1, 0.15) is 0 Å². The lowest BCUT2D eigenvalue weighted by atomic mass is 9.67. The van der Waals surface area contributed by atoms with Gasteiger partial charge in [-0.1, -0.05) is 59.0 Å². The molecule has 148 valence electrons. The van der Waals surface area contributed by atoms with E-state index < -0.39 is 5.60 Å². The van der Waals surface area contributed by atoms with Gasteiger partial charge in [-0.2, -0.15) is 0 Å². The fourth-order valence-electron chi connectivity index (χ4n) is 5.82. The molecule has 1 saturated carbocycles. The van der Waals surface area contributed by atoms with Gasteiger partial charge in [0.05, 0.1) is 5.60 Å². The van der Waals surface area contributed by atoms with E-state index in [9.17, 15) is 5.11 Å². The van der Waals surface area contributed by atoms with Crippen LogP contribution in [0.3, 0.4) is 0 Å². The average Bonchev–Trinajstić information content (AvgIpc) is 2.72.